The second-order valence-corrected chi connectivity index (χ2v) is 13.3. The van der Waals surface area contributed by atoms with E-state index < -0.39 is 34.1 Å². The number of halogens is 1. The van der Waals surface area contributed by atoms with Crippen LogP contribution >= 0.6 is 15.9 Å². The van der Waals surface area contributed by atoms with E-state index in [0.29, 0.717) is 12.1 Å². The van der Waals surface area contributed by atoms with E-state index in [4.69, 9.17) is 0 Å². The minimum absolute atomic E-state index is 0.0816. The number of benzene rings is 3. The summed E-state index contributed by atoms with van der Waals surface area (Å²) in [5.74, 6) is -0.776. The van der Waals surface area contributed by atoms with E-state index in [2.05, 4.69) is 21.2 Å². The first kappa shape index (κ1) is 30.4. The van der Waals surface area contributed by atoms with Crippen LogP contribution in [0.3, 0.4) is 0 Å². The molecule has 1 atom stereocenters. The topological polar surface area (TPSA) is 86.8 Å². The van der Waals surface area contributed by atoms with Crippen LogP contribution in [0.25, 0.3) is 0 Å². The lowest BCUT2D eigenvalue weighted by Gasteiger charge is -2.33. The Morgan fingerprint density at radius 2 is 1.51 bits per heavy atom. The molecule has 0 aliphatic carbocycles. The van der Waals surface area contributed by atoms with Gasteiger partial charge in [-0.3, -0.25) is 13.9 Å². The molecule has 3 rings (SSSR count). The summed E-state index contributed by atoms with van der Waals surface area (Å²) in [4.78, 5) is 28.6. The van der Waals surface area contributed by atoms with Crippen LogP contribution in [0.2, 0.25) is 0 Å². The van der Waals surface area contributed by atoms with Gasteiger partial charge in [-0.15, -0.1) is 0 Å². The highest BCUT2D eigenvalue weighted by Crippen LogP contribution is 2.26. The molecule has 0 radical (unpaired) electrons. The number of hydrogen-bond acceptors (Lipinski definition) is 4. The molecule has 0 heterocycles. The molecule has 1 N–H and O–H groups in total. The van der Waals surface area contributed by atoms with E-state index >= 15 is 0 Å². The molecule has 7 nitrogen and oxygen atoms in total. The molecule has 0 aromatic heterocycles. The highest BCUT2D eigenvalue weighted by atomic mass is 79.9. The second-order valence-electron chi connectivity index (χ2n) is 10.5. The summed E-state index contributed by atoms with van der Waals surface area (Å²) in [6, 6.07) is 22.1. The molecule has 208 valence electrons. The number of sulfonamides is 1. The minimum Gasteiger partial charge on any atom is -0.350 e. The molecule has 3 aromatic rings. The third-order valence-electron chi connectivity index (χ3n) is 6.15. The number of anilines is 1. The van der Waals surface area contributed by atoms with Crippen molar-refractivity contribution in [1.82, 2.24) is 10.2 Å². The van der Waals surface area contributed by atoms with Crippen molar-refractivity contribution in [2.75, 3.05) is 17.4 Å². The number of hydrogen-bond donors (Lipinski definition) is 1. The normalized spacial score (nSPS) is 12.5. The summed E-state index contributed by atoms with van der Waals surface area (Å²) >= 11 is 3.39. The van der Waals surface area contributed by atoms with Crippen molar-refractivity contribution in [3.8, 4) is 0 Å². The maximum atomic E-state index is 13.9. The summed E-state index contributed by atoms with van der Waals surface area (Å²) in [5, 5.41) is 2.94. The first-order valence-corrected chi connectivity index (χ1v) is 15.0. The summed E-state index contributed by atoms with van der Waals surface area (Å²) in [6.07, 6.45) is 0.517. The van der Waals surface area contributed by atoms with Gasteiger partial charge in [-0.05, 0) is 83.0 Å². The van der Waals surface area contributed by atoms with Gasteiger partial charge in [0, 0.05) is 16.6 Å². The first-order valence-electron chi connectivity index (χ1n) is 12.8. The van der Waals surface area contributed by atoms with Crippen molar-refractivity contribution in [2.45, 2.75) is 57.5 Å². The van der Waals surface area contributed by atoms with E-state index in [-0.39, 0.29) is 17.3 Å². The largest absolute Gasteiger partial charge is 0.350 e. The lowest BCUT2D eigenvalue weighted by Crippen LogP contribution is -2.55. The van der Waals surface area contributed by atoms with Gasteiger partial charge < -0.3 is 10.2 Å². The number of amides is 2. The van der Waals surface area contributed by atoms with Crippen molar-refractivity contribution < 1.29 is 18.0 Å². The van der Waals surface area contributed by atoms with Gasteiger partial charge in [0.2, 0.25) is 11.8 Å². The van der Waals surface area contributed by atoms with E-state index in [1.165, 1.54) is 17.0 Å². The zero-order chi connectivity index (χ0) is 28.8. The van der Waals surface area contributed by atoms with E-state index in [9.17, 15) is 18.0 Å². The maximum absolute atomic E-state index is 13.9. The Hall–Kier alpha value is -3.17. The monoisotopic (exact) mass is 613 g/mol. The molecule has 39 heavy (non-hydrogen) atoms. The van der Waals surface area contributed by atoms with Crippen molar-refractivity contribution in [3.05, 3.63) is 94.5 Å². The summed E-state index contributed by atoms with van der Waals surface area (Å²) < 4.78 is 29.5. The maximum Gasteiger partial charge on any atom is 0.264 e. The van der Waals surface area contributed by atoms with Crippen molar-refractivity contribution in [1.29, 1.82) is 0 Å². The Balaban J connectivity index is 1.98. The van der Waals surface area contributed by atoms with Gasteiger partial charge in [0.15, 0.2) is 0 Å². The molecular formula is C30H36BrN3O4S. The van der Waals surface area contributed by atoms with Crippen LogP contribution < -0.4 is 9.62 Å². The van der Waals surface area contributed by atoms with Crippen LogP contribution in [-0.4, -0.2) is 49.8 Å². The predicted molar refractivity (Wildman–Crippen MR) is 159 cm³/mol. The molecule has 0 fully saturated rings. The SMILES string of the molecule is Cc1ccc(S(=O)(=O)N(CC(=O)N(CCc2ccccc2)[C@H](C)C(=O)NC(C)(C)C)c2ccc(Br)cc2)cc1. The summed E-state index contributed by atoms with van der Waals surface area (Å²) in [5.41, 5.74) is 1.79. The van der Waals surface area contributed by atoms with Gasteiger partial charge >= 0.3 is 0 Å². The quantitative estimate of drug-likeness (QED) is 0.335. The standard InChI is InChI=1S/C30H36BrN3O4S/c1-22-11-17-27(18-12-22)39(37,38)34(26-15-13-25(31)14-16-26)21-28(35)33(20-19-24-9-7-6-8-10-24)23(2)29(36)32-30(3,4)5/h6-18,23H,19-21H2,1-5H3,(H,32,36)/t23-/m1/s1. The zero-order valence-electron chi connectivity index (χ0n) is 23.0. The van der Waals surface area contributed by atoms with Crippen LogP contribution in [0.1, 0.15) is 38.8 Å². The number of nitrogens with one attached hydrogen (secondary N) is 1. The Bertz CT molecular complexity index is 1370. The Kier molecular flexibility index (Phi) is 9.96. The number of carbonyl (C=O) groups is 2. The predicted octanol–water partition coefficient (Wildman–Crippen LogP) is 5.33. The van der Waals surface area contributed by atoms with Crippen molar-refractivity contribution in [3.63, 3.8) is 0 Å². The number of carbonyl (C=O) groups excluding carboxylic acids is 2. The fourth-order valence-corrected chi connectivity index (χ4v) is 5.70. The molecule has 3 aromatic carbocycles. The number of nitrogens with zero attached hydrogens (tertiary/aromatic N) is 2. The molecule has 0 unspecified atom stereocenters. The Labute approximate surface area is 240 Å². The molecule has 0 saturated heterocycles. The van der Waals surface area contributed by atoms with Gasteiger partial charge in [-0.25, -0.2) is 8.42 Å². The Morgan fingerprint density at radius 3 is 2.08 bits per heavy atom. The molecule has 2 amide bonds. The van der Waals surface area contributed by atoms with Crippen LogP contribution in [0.15, 0.2) is 88.2 Å². The number of aryl methyl sites for hydroxylation is 1. The van der Waals surface area contributed by atoms with Crippen LogP contribution in [0.5, 0.6) is 0 Å². The molecular weight excluding hydrogens is 578 g/mol. The van der Waals surface area contributed by atoms with Gasteiger partial charge in [0.05, 0.1) is 10.6 Å². The second kappa shape index (κ2) is 12.8. The summed E-state index contributed by atoms with van der Waals surface area (Å²) in [7, 11) is -4.08. The number of rotatable bonds is 10. The minimum atomic E-state index is -4.08. The highest BCUT2D eigenvalue weighted by molar-refractivity contribution is 9.10. The van der Waals surface area contributed by atoms with Crippen LogP contribution in [-0.2, 0) is 26.0 Å². The molecule has 0 aliphatic rings. The highest BCUT2D eigenvalue weighted by Gasteiger charge is 2.33. The smallest absolute Gasteiger partial charge is 0.264 e. The van der Waals surface area contributed by atoms with Gasteiger partial charge in [0.25, 0.3) is 10.0 Å². The Morgan fingerprint density at radius 1 is 0.923 bits per heavy atom. The van der Waals surface area contributed by atoms with Gasteiger partial charge in [-0.2, -0.15) is 0 Å². The summed E-state index contributed by atoms with van der Waals surface area (Å²) in [6.45, 7) is 8.95. The molecule has 0 spiro atoms. The van der Waals surface area contributed by atoms with Crippen LogP contribution in [0, 0.1) is 6.92 Å². The third-order valence-corrected chi connectivity index (χ3v) is 8.47. The van der Waals surface area contributed by atoms with E-state index in [1.807, 2.05) is 58.0 Å². The average molecular weight is 615 g/mol. The third kappa shape index (κ3) is 8.41. The van der Waals surface area contributed by atoms with E-state index in [0.717, 1.165) is 19.9 Å². The fraction of sp³-hybridized carbons (Fsp3) is 0.333. The van der Waals surface area contributed by atoms with Gasteiger partial charge in [0.1, 0.15) is 12.6 Å². The zero-order valence-corrected chi connectivity index (χ0v) is 25.4. The van der Waals surface area contributed by atoms with Crippen molar-refractivity contribution >= 4 is 43.5 Å². The fourth-order valence-electron chi connectivity index (χ4n) is 4.02. The molecule has 9 heteroatoms. The lowest BCUT2D eigenvalue weighted by atomic mass is 10.1. The molecule has 0 bridgehead atoms. The first-order chi connectivity index (χ1) is 18.3. The molecule has 0 aliphatic heterocycles. The van der Waals surface area contributed by atoms with Crippen molar-refractivity contribution in [2.24, 2.45) is 0 Å². The lowest BCUT2D eigenvalue weighted by molar-refractivity contribution is -0.139. The van der Waals surface area contributed by atoms with Gasteiger partial charge in [-0.1, -0.05) is 64.0 Å². The molecule has 0 saturated carbocycles. The average Bonchev–Trinajstić information content (AvgIpc) is 2.87. The van der Waals surface area contributed by atoms with Crippen LogP contribution in [0.4, 0.5) is 5.69 Å². The van der Waals surface area contributed by atoms with E-state index in [1.54, 1.807) is 43.3 Å².